The minimum absolute atomic E-state index is 0.776. The third-order valence-electron chi connectivity index (χ3n) is 4.54. The second-order valence-electron chi connectivity index (χ2n) is 6.19. The molecule has 0 radical (unpaired) electrons. The van der Waals surface area contributed by atoms with Gasteiger partial charge in [-0.1, -0.05) is 42.8 Å². The fourth-order valence-electron chi connectivity index (χ4n) is 3.48. The van der Waals surface area contributed by atoms with Gasteiger partial charge in [0.25, 0.3) is 0 Å². The molecule has 1 aromatic rings. The van der Waals surface area contributed by atoms with E-state index in [4.69, 9.17) is 0 Å². The molecule has 1 aromatic carbocycles. The van der Waals surface area contributed by atoms with E-state index in [1.165, 1.54) is 24.1 Å². The third-order valence-corrected chi connectivity index (χ3v) is 4.54. The Morgan fingerprint density at radius 1 is 1.16 bits per heavy atom. The zero-order valence-corrected chi connectivity index (χ0v) is 11.9. The van der Waals surface area contributed by atoms with Crippen LogP contribution in [0.2, 0.25) is 0 Å². The van der Waals surface area contributed by atoms with Crippen LogP contribution in [0.5, 0.6) is 0 Å². The maximum absolute atomic E-state index is 3.57. The molecule has 3 rings (SSSR count). The molecule has 0 aromatic heterocycles. The summed E-state index contributed by atoms with van der Waals surface area (Å²) in [6.45, 7) is 5.50. The molecule has 2 aliphatic rings. The first kappa shape index (κ1) is 12.5. The van der Waals surface area contributed by atoms with Crippen LogP contribution in [0.4, 0.5) is 5.69 Å². The van der Waals surface area contributed by atoms with Crippen molar-refractivity contribution in [2.45, 2.75) is 26.7 Å². The summed E-state index contributed by atoms with van der Waals surface area (Å²) in [5.74, 6) is 2.44. The predicted molar refractivity (Wildman–Crippen MR) is 82.3 cm³/mol. The van der Waals surface area contributed by atoms with Gasteiger partial charge in [-0.3, -0.25) is 0 Å². The van der Waals surface area contributed by atoms with Crippen molar-refractivity contribution in [3.8, 4) is 0 Å². The van der Waals surface area contributed by atoms with Crippen LogP contribution in [0.1, 0.15) is 25.3 Å². The molecule has 1 N–H and O–H groups in total. The summed E-state index contributed by atoms with van der Waals surface area (Å²) in [6.07, 6.45) is 9.70. The molecule has 0 spiro atoms. The average molecular weight is 253 g/mol. The van der Waals surface area contributed by atoms with Gasteiger partial charge in [-0.15, -0.1) is 0 Å². The van der Waals surface area contributed by atoms with E-state index in [2.05, 4.69) is 61.7 Å². The fraction of sp³-hybridized carbons (Fsp3) is 0.444. The highest BCUT2D eigenvalue weighted by atomic mass is 14.9. The average Bonchev–Trinajstić information content (AvgIpc) is 2.79. The normalized spacial score (nSPS) is 28.9. The van der Waals surface area contributed by atoms with E-state index < -0.39 is 0 Å². The van der Waals surface area contributed by atoms with Gasteiger partial charge >= 0.3 is 0 Å². The van der Waals surface area contributed by atoms with Gasteiger partial charge in [0, 0.05) is 12.2 Å². The lowest BCUT2D eigenvalue weighted by atomic mass is 9.85. The first-order chi connectivity index (χ1) is 9.22. The molecule has 0 bridgehead atoms. The monoisotopic (exact) mass is 253 g/mol. The highest BCUT2D eigenvalue weighted by molar-refractivity contribution is 5.46. The Hall–Kier alpha value is -1.50. The van der Waals surface area contributed by atoms with Crippen LogP contribution < -0.4 is 5.32 Å². The van der Waals surface area contributed by atoms with E-state index in [0.29, 0.717) is 0 Å². The van der Waals surface area contributed by atoms with Gasteiger partial charge in [0.2, 0.25) is 0 Å². The minimum Gasteiger partial charge on any atom is -0.381 e. The first-order valence-corrected chi connectivity index (χ1v) is 7.40. The number of fused-ring (bicyclic) bond motifs is 1. The van der Waals surface area contributed by atoms with Gasteiger partial charge in [0.05, 0.1) is 0 Å². The molecular formula is C18H23N. The summed E-state index contributed by atoms with van der Waals surface area (Å²) in [7, 11) is 0. The molecule has 1 nitrogen and oxygen atoms in total. The number of rotatable bonds is 3. The van der Waals surface area contributed by atoms with Crippen molar-refractivity contribution in [2.24, 2.45) is 17.8 Å². The minimum atomic E-state index is 0.776. The van der Waals surface area contributed by atoms with Crippen LogP contribution >= 0.6 is 0 Å². The summed E-state index contributed by atoms with van der Waals surface area (Å²) in [5, 5.41) is 3.57. The van der Waals surface area contributed by atoms with E-state index in [0.717, 1.165) is 24.3 Å². The summed E-state index contributed by atoms with van der Waals surface area (Å²) in [5.41, 5.74) is 4.12. The summed E-state index contributed by atoms with van der Waals surface area (Å²) < 4.78 is 0. The van der Waals surface area contributed by atoms with Crippen molar-refractivity contribution in [3.63, 3.8) is 0 Å². The Morgan fingerprint density at radius 3 is 2.74 bits per heavy atom. The zero-order valence-electron chi connectivity index (χ0n) is 11.9. The third kappa shape index (κ3) is 2.75. The van der Waals surface area contributed by atoms with Crippen molar-refractivity contribution in [2.75, 3.05) is 11.9 Å². The van der Waals surface area contributed by atoms with Gasteiger partial charge in [-0.25, -0.2) is 0 Å². The molecule has 3 unspecified atom stereocenters. The molecule has 0 saturated heterocycles. The quantitative estimate of drug-likeness (QED) is 0.832. The zero-order chi connectivity index (χ0) is 13.2. The van der Waals surface area contributed by atoms with Gasteiger partial charge < -0.3 is 5.32 Å². The molecule has 1 fully saturated rings. The highest BCUT2D eigenvalue weighted by Crippen LogP contribution is 2.43. The van der Waals surface area contributed by atoms with Crippen molar-refractivity contribution in [3.05, 3.63) is 53.6 Å². The molecule has 2 aliphatic carbocycles. The Labute approximate surface area is 116 Å². The Morgan fingerprint density at radius 2 is 1.95 bits per heavy atom. The fourth-order valence-corrected chi connectivity index (χ4v) is 3.48. The lowest BCUT2D eigenvalue weighted by Crippen LogP contribution is -2.18. The van der Waals surface area contributed by atoms with E-state index in [1.807, 2.05) is 0 Å². The lowest BCUT2D eigenvalue weighted by molar-refractivity contribution is 0.517. The van der Waals surface area contributed by atoms with E-state index in [-0.39, 0.29) is 0 Å². The van der Waals surface area contributed by atoms with Crippen LogP contribution in [0.15, 0.2) is 48.1 Å². The topological polar surface area (TPSA) is 12.0 Å². The predicted octanol–water partition coefficient (Wildman–Crippen LogP) is 4.57. The first-order valence-electron chi connectivity index (χ1n) is 7.40. The van der Waals surface area contributed by atoms with Crippen molar-refractivity contribution >= 4 is 5.69 Å². The molecule has 0 amide bonds. The van der Waals surface area contributed by atoms with Crippen molar-refractivity contribution < 1.29 is 0 Å². The van der Waals surface area contributed by atoms with Crippen LogP contribution in [0.25, 0.3) is 0 Å². The molecule has 19 heavy (non-hydrogen) atoms. The van der Waals surface area contributed by atoms with Gasteiger partial charge in [-0.05, 0) is 55.2 Å². The molecule has 3 atom stereocenters. The number of allylic oxidation sites excluding steroid dienone is 3. The summed E-state index contributed by atoms with van der Waals surface area (Å²) >= 11 is 0. The Bertz CT molecular complexity index is 495. The highest BCUT2D eigenvalue weighted by Gasteiger charge is 2.33. The maximum atomic E-state index is 3.57. The molecule has 0 heterocycles. The number of nitrogens with one attached hydrogen (secondary N) is 1. The number of hydrogen-bond donors (Lipinski definition) is 1. The maximum Gasteiger partial charge on any atom is 0.0366 e. The number of benzene rings is 1. The van der Waals surface area contributed by atoms with Gasteiger partial charge in [0.15, 0.2) is 0 Å². The Kier molecular flexibility index (Phi) is 3.46. The number of aryl methyl sites for hydroxylation is 1. The largest absolute Gasteiger partial charge is 0.381 e. The van der Waals surface area contributed by atoms with Crippen LogP contribution in [0.3, 0.4) is 0 Å². The van der Waals surface area contributed by atoms with E-state index in [1.54, 1.807) is 5.57 Å². The molecule has 100 valence electrons. The van der Waals surface area contributed by atoms with Crippen LogP contribution in [0, 0.1) is 24.7 Å². The number of hydrogen-bond acceptors (Lipinski definition) is 1. The lowest BCUT2D eigenvalue weighted by Gasteiger charge is -2.23. The molecule has 1 saturated carbocycles. The summed E-state index contributed by atoms with van der Waals surface area (Å²) in [4.78, 5) is 0. The van der Waals surface area contributed by atoms with Crippen LogP contribution in [-0.4, -0.2) is 6.54 Å². The second-order valence-corrected chi connectivity index (χ2v) is 6.19. The standard InChI is InChI=1S/C18H23N/c1-13-6-8-17(9-7-13)19-12-16-5-3-4-15-10-14(2)11-18(15)16/h3-9,14-15,18-19H,10-12H2,1-2H3. The van der Waals surface area contributed by atoms with Crippen molar-refractivity contribution in [1.29, 1.82) is 0 Å². The molecule has 0 aliphatic heterocycles. The Balaban J connectivity index is 1.65. The second kappa shape index (κ2) is 5.24. The molecular weight excluding hydrogens is 230 g/mol. The molecule has 1 heteroatoms. The smallest absolute Gasteiger partial charge is 0.0366 e. The van der Waals surface area contributed by atoms with E-state index >= 15 is 0 Å². The van der Waals surface area contributed by atoms with E-state index in [9.17, 15) is 0 Å². The SMILES string of the molecule is Cc1ccc(NCC2=CC=CC3CC(C)CC23)cc1. The van der Waals surface area contributed by atoms with Gasteiger partial charge in [0.1, 0.15) is 0 Å². The van der Waals surface area contributed by atoms with Gasteiger partial charge in [-0.2, -0.15) is 0 Å². The summed E-state index contributed by atoms with van der Waals surface area (Å²) in [6, 6.07) is 8.67. The number of anilines is 1. The van der Waals surface area contributed by atoms with Crippen LogP contribution in [-0.2, 0) is 0 Å². The van der Waals surface area contributed by atoms with Crippen molar-refractivity contribution in [1.82, 2.24) is 0 Å².